The van der Waals surface area contributed by atoms with Crippen molar-refractivity contribution in [3.63, 3.8) is 0 Å². The van der Waals surface area contributed by atoms with Gasteiger partial charge in [0.2, 0.25) is 17.7 Å². The van der Waals surface area contributed by atoms with Gasteiger partial charge in [-0.25, -0.2) is 4.79 Å². The van der Waals surface area contributed by atoms with Crippen LogP contribution in [-0.2, 0) is 36.8 Å². The summed E-state index contributed by atoms with van der Waals surface area (Å²) < 4.78 is 5.11. The summed E-state index contributed by atoms with van der Waals surface area (Å²) in [6.45, 7) is 6.31. The number of nitrogens with zero attached hydrogens (tertiary/aromatic N) is 2. The number of carbonyl (C=O) groups excluding carboxylic acids is 4. The smallest absolute Gasteiger partial charge is 0.328 e. The van der Waals surface area contributed by atoms with E-state index in [1.807, 2.05) is 41.3 Å². The predicted octanol–water partition coefficient (Wildman–Crippen LogP) is 5.61. The van der Waals surface area contributed by atoms with Crippen LogP contribution in [0.2, 0.25) is 0 Å². The van der Waals surface area contributed by atoms with Gasteiger partial charge in [0.15, 0.2) is 0 Å². The maximum Gasteiger partial charge on any atom is 0.328 e. The van der Waals surface area contributed by atoms with E-state index in [1.165, 1.54) is 12.7 Å². The molecule has 5 rings (SSSR count). The Kier molecular flexibility index (Phi) is 14.8. The Morgan fingerprint density at radius 2 is 1.55 bits per heavy atom. The van der Waals surface area contributed by atoms with Crippen molar-refractivity contribution in [2.75, 3.05) is 32.5 Å². The molecule has 3 aliphatic rings. The molecule has 0 radical (unpaired) electrons. The van der Waals surface area contributed by atoms with Gasteiger partial charge in [0.1, 0.15) is 12.1 Å². The zero-order valence-corrected chi connectivity index (χ0v) is 31.6. The fourth-order valence-electron chi connectivity index (χ4n) is 7.95. The summed E-state index contributed by atoms with van der Waals surface area (Å²) >= 11 is 1.77. The van der Waals surface area contributed by atoms with Crippen LogP contribution in [0.1, 0.15) is 82.8 Å². The molecule has 2 aromatic carbocycles. The summed E-state index contributed by atoms with van der Waals surface area (Å²) in [7, 11) is 1.40. The average molecular weight is 719 g/mol. The molecule has 0 bridgehead atoms. The number of hydrogen-bond acceptors (Lipinski definition) is 7. The number of benzene rings is 2. The van der Waals surface area contributed by atoms with Crippen LogP contribution in [0.4, 0.5) is 0 Å². The molecule has 3 fully saturated rings. The molecule has 3 amide bonds. The van der Waals surface area contributed by atoms with Crippen LogP contribution >= 0.6 is 11.8 Å². The maximum absolute atomic E-state index is 14.1. The lowest BCUT2D eigenvalue weighted by molar-refractivity contribution is -0.156. The lowest BCUT2D eigenvalue weighted by Crippen LogP contribution is -2.57. The number of carbonyl (C=O) groups is 4. The highest BCUT2D eigenvalue weighted by Crippen LogP contribution is 2.35. The molecule has 3 aliphatic heterocycles. The zero-order chi connectivity index (χ0) is 36.2. The summed E-state index contributed by atoms with van der Waals surface area (Å²) in [5.74, 6) is 0.702. The van der Waals surface area contributed by atoms with Gasteiger partial charge in [-0.15, -0.1) is 11.8 Å². The van der Waals surface area contributed by atoms with E-state index in [-0.39, 0.29) is 46.9 Å². The number of amides is 3. The van der Waals surface area contributed by atoms with Crippen molar-refractivity contribution < 1.29 is 23.9 Å². The van der Waals surface area contributed by atoms with E-state index in [2.05, 4.69) is 48.7 Å². The molecule has 1 unspecified atom stereocenters. The Morgan fingerprint density at radius 3 is 2.24 bits per heavy atom. The first-order valence-electron chi connectivity index (χ1n) is 19.2. The molecule has 3 heterocycles. The second-order valence-electron chi connectivity index (χ2n) is 15.0. The number of piperidine rings is 1. The summed E-state index contributed by atoms with van der Waals surface area (Å²) in [5.41, 5.74) is 2.31. The predicted molar refractivity (Wildman–Crippen MR) is 203 cm³/mol. The third-order valence-corrected chi connectivity index (χ3v) is 12.0. The zero-order valence-electron chi connectivity index (χ0n) is 30.8. The van der Waals surface area contributed by atoms with E-state index in [1.54, 1.807) is 16.7 Å². The molecular weight excluding hydrogens is 661 g/mol. The molecule has 9 nitrogen and oxygen atoms in total. The molecule has 6 atom stereocenters. The van der Waals surface area contributed by atoms with Gasteiger partial charge in [-0.05, 0) is 106 Å². The van der Waals surface area contributed by atoms with Crippen molar-refractivity contribution in [2.24, 2.45) is 17.8 Å². The van der Waals surface area contributed by atoms with Crippen LogP contribution in [-0.4, -0.2) is 89.5 Å². The molecule has 0 aromatic heterocycles. The minimum absolute atomic E-state index is 0.00248. The van der Waals surface area contributed by atoms with Gasteiger partial charge >= 0.3 is 5.97 Å². The molecule has 3 saturated heterocycles. The van der Waals surface area contributed by atoms with Crippen LogP contribution < -0.4 is 10.6 Å². The van der Waals surface area contributed by atoms with E-state index in [0.717, 1.165) is 56.4 Å². The van der Waals surface area contributed by atoms with E-state index < -0.39 is 12.1 Å². The fraction of sp³-hybridized carbons (Fsp3) is 0.610. The molecule has 2 N–H and O–H groups in total. The maximum atomic E-state index is 14.1. The lowest BCUT2D eigenvalue weighted by Gasteiger charge is -2.40. The number of nitrogens with one attached hydrogen (secondary N) is 2. The van der Waals surface area contributed by atoms with Crippen LogP contribution in [0, 0.1) is 17.8 Å². The minimum atomic E-state index is -0.536. The largest absolute Gasteiger partial charge is 0.467 e. The van der Waals surface area contributed by atoms with Gasteiger partial charge in [-0.1, -0.05) is 74.5 Å². The van der Waals surface area contributed by atoms with Crippen molar-refractivity contribution in [1.82, 2.24) is 20.4 Å². The number of hydrogen-bond donors (Lipinski definition) is 2. The quantitative estimate of drug-likeness (QED) is 0.231. The van der Waals surface area contributed by atoms with Gasteiger partial charge in [-0.2, -0.15) is 0 Å². The normalized spacial score (nSPS) is 23.9. The number of thioether (sulfide) groups is 1. The van der Waals surface area contributed by atoms with Crippen molar-refractivity contribution >= 4 is 35.5 Å². The van der Waals surface area contributed by atoms with Gasteiger partial charge in [0, 0.05) is 19.0 Å². The number of methoxy groups -OCH3 is 1. The lowest BCUT2D eigenvalue weighted by atomic mass is 9.87. The fourth-order valence-corrected chi connectivity index (χ4v) is 9.34. The Balaban J connectivity index is 1.30. The molecular formula is C41H58N4O5S. The van der Waals surface area contributed by atoms with Crippen LogP contribution in [0.15, 0.2) is 60.7 Å². The van der Waals surface area contributed by atoms with E-state index in [0.29, 0.717) is 51.1 Å². The molecule has 0 saturated carbocycles. The Hall–Kier alpha value is -3.37. The van der Waals surface area contributed by atoms with Crippen molar-refractivity contribution in [1.29, 1.82) is 0 Å². The van der Waals surface area contributed by atoms with Crippen molar-refractivity contribution in [3.8, 4) is 0 Å². The summed E-state index contributed by atoms with van der Waals surface area (Å²) in [5, 5.41) is 6.84. The van der Waals surface area contributed by atoms with Gasteiger partial charge in [0.25, 0.3) is 0 Å². The second kappa shape index (κ2) is 19.5. The molecule has 0 spiro atoms. The molecule has 51 heavy (non-hydrogen) atoms. The number of fused-ring (bicyclic) bond motifs is 1. The van der Waals surface area contributed by atoms with Crippen LogP contribution in [0.5, 0.6) is 0 Å². The summed E-state index contributed by atoms with van der Waals surface area (Å²) in [6.07, 6.45) is 8.50. The first kappa shape index (κ1) is 38.9. The van der Waals surface area contributed by atoms with Crippen LogP contribution in [0.25, 0.3) is 0 Å². The number of esters is 1. The topological polar surface area (TPSA) is 108 Å². The second-order valence-corrected chi connectivity index (χ2v) is 16.3. The van der Waals surface area contributed by atoms with Gasteiger partial charge < -0.3 is 25.2 Å². The first-order chi connectivity index (χ1) is 24.7. The number of ether oxygens (including phenoxy) is 1. The third-order valence-electron chi connectivity index (χ3n) is 10.6. The first-order valence-corrected chi connectivity index (χ1v) is 20.2. The van der Waals surface area contributed by atoms with Crippen molar-refractivity contribution in [3.05, 3.63) is 71.8 Å². The SMILES string of the molecule is COC(=O)[C@@H]1CCCC2SCC[C@H](NC[C@@H](CC[C@@H](Cc3ccccc3)C(=O)N[C@H]3CCCCN(CC(C)C)C3=O)Cc3ccccc3)C(=O)N21. The van der Waals surface area contributed by atoms with Crippen molar-refractivity contribution in [2.45, 2.75) is 108 Å². The van der Waals surface area contributed by atoms with Gasteiger partial charge in [-0.3, -0.25) is 14.4 Å². The van der Waals surface area contributed by atoms with E-state index >= 15 is 0 Å². The van der Waals surface area contributed by atoms with Gasteiger partial charge in [0.05, 0.1) is 18.5 Å². The Labute approximate surface area is 309 Å². The Bertz CT molecular complexity index is 1430. The third kappa shape index (κ3) is 11.1. The highest BCUT2D eigenvalue weighted by Gasteiger charge is 2.43. The standard InChI is InChI=1S/C41H58N4O5S/c1-29(2)28-44-23-11-10-17-35(39(44)47)43-38(46)33(26-31-15-8-5-9-16-31)21-20-32(25-30-13-6-4-7-14-30)27-42-34-22-24-51-37-19-12-18-36(41(49)50-3)45(37)40(34)48/h4-9,13-16,29,32-37,42H,10-12,17-28H2,1-3H3,(H,43,46)/t32-,33-,34-,35-,36-,37?/m0/s1. The number of rotatable bonds is 15. The molecule has 2 aromatic rings. The monoisotopic (exact) mass is 718 g/mol. The number of likely N-dealkylation sites (tertiary alicyclic amines) is 1. The van der Waals surface area contributed by atoms with E-state index in [9.17, 15) is 19.2 Å². The van der Waals surface area contributed by atoms with Crippen LogP contribution in [0.3, 0.4) is 0 Å². The van der Waals surface area contributed by atoms with E-state index in [4.69, 9.17) is 4.74 Å². The molecule has 0 aliphatic carbocycles. The summed E-state index contributed by atoms with van der Waals surface area (Å²) in [6, 6.07) is 19.1. The summed E-state index contributed by atoms with van der Waals surface area (Å²) in [4.78, 5) is 58.1. The molecule has 10 heteroatoms. The minimum Gasteiger partial charge on any atom is -0.467 e. The highest BCUT2D eigenvalue weighted by atomic mass is 32.2. The average Bonchev–Trinajstić information content (AvgIpc) is 3.41. The highest BCUT2D eigenvalue weighted by molar-refractivity contribution is 7.99. The molecule has 278 valence electrons. The Morgan fingerprint density at radius 1 is 0.843 bits per heavy atom.